The van der Waals surface area contributed by atoms with Gasteiger partial charge in [-0.2, -0.15) is 4.37 Å². The molecule has 1 aromatic heterocycles. The van der Waals surface area contributed by atoms with Gasteiger partial charge in [0, 0.05) is 13.1 Å². The van der Waals surface area contributed by atoms with Gasteiger partial charge in [0.2, 0.25) is 0 Å². The lowest BCUT2D eigenvalue weighted by molar-refractivity contribution is -0.141. The van der Waals surface area contributed by atoms with Crippen molar-refractivity contribution in [2.75, 3.05) is 7.05 Å². The Morgan fingerprint density at radius 3 is 2.52 bits per heavy atom. The van der Waals surface area contributed by atoms with Crippen molar-refractivity contribution in [3.05, 3.63) is 10.8 Å². The highest BCUT2D eigenvalue weighted by Gasteiger charge is 2.33. The minimum atomic E-state index is -1.76. The van der Waals surface area contributed by atoms with Crippen LogP contribution in [0.4, 0.5) is 0 Å². The van der Waals surface area contributed by atoms with Crippen LogP contribution in [0, 0.1) is 0 Å². The van der Waals surface area contributed by atoms with Crippen LogP contribution in [-0.2, 0) is 8.59 Å². The van der Waals surface area contributed by atoms with Crippen LogP contribution in [0.1, 0.15) is 49.0 Å². The summed E-state index contributed by atoms with van der Waals surface area (Å²) >= 11 is 17.9. The zero-order valence-corrected chi connectivity index (χ0v) is 14.5. The third kappa shape index (κ3) is 4.20. The molecule has 1 aliphatic rings. The van der Waals surface area contributed by atoms with Crippen molar-refractivity contribution in [1.29, 1.82) is 0 Å². The van der Waals surface area contributed by atoms with Gasteiger partial charge in [-0.15, -0.1) is 0 Å². The minimum Gasteiger partial charge on any atom is -0.376 e. The highest BCUT2D eigenvalue weighted by atomic mass is 35.6. The molecule has 1 heterocycles. The summed E-state index contributed by atoms with van der Waals surface area (Å²) in [5.74, 6) is -0.423. The molecule has 1 aromatic rings. The lowest BCUT2D eigenvalue weighted by atomic mass is 9.94. The van der Waals surface area contributed by atoms with Crippen LogP contribution < -0.4 is 0 Å². The van der Waals surface area contributed by atoms with Crippen LogP contribution in [-0.4, -0.2) is 38.4 Å². The number of carbonyl (C=O) groups excluding carboxylic acids is 1. The summed E-state index contributed by atoms with van der Waals surface area (Å²) in [5, 5.41) is 10.3. The predicted octanol–water partition coefficient (Wildman–Crippen LogP) is 3.19. The fourth-order valence-corrected chi connectivity index (χ4v) is 3.50. The second-order valence-corrected chi connectivity index (χ2v) is 8.16. The highest BCUT2D eigenvalue weighted by Crippen LogP contribution is 2.37. The predicted molar refractivity (Wildman–Crippen MR) is 83.7 cm³/mol. The fourth-order valence-electron chi connectivity index (χ4n) is 2.41. The summed E-state index contributed by atoms with van der Waals surface area (Å²) in [6, 6.07) is 0.168. The Bertz CT molecular complexity index is 500. The van der Waals surface area contributed by atoms with E-state index in [1.807, 2.05) is 0 Å². The third-order valence-electron chi connectivity index (χ3n) is 3.63. The molecule has 1 unspecified atom stereocenters. The Hall–Kier alpha value is -0.140. The van der Waals surface area contributed by atoms with Gasteiger partial charge in [0.25, 0.3) is 9.70 Å². The molecule has 1 amide bonds. The van der Waals surface area contributed by atoms with Gasteiger partial charge in [-0.25, -0.2) is 4.98 Å². The van der Waals surface area contributed by atoms with E-state index in [0.29, 0.717) is 0 Å². The molecular weight excluding hydrogens is 357 g/mol. The Kier molecular flexibility index (Phi) is 5.71. The number of nitrogens with zero attached hydrogens (tertiary/aromatic N) is 3. The molecular formula is C12H16Cl3N3O2S. The van der Waals surface area contributed by atoms with Gasteiger partial charge in [-0.05, 0) is 24.4 Å². The van der Waals surface area contributed by atoms with Crippen LogP contribution in [0.2, 0.25) is 0 Å². The van der Waals surface area contributed by atoms with Crippen molar-refractivity contribution in [1.82, 2.24) is 14.3 Å². The standard InChI is InChI=1S/C12H16Cl3N3O2S/c1-18(7-5-3-2-4-6-7)10(20)8(19)9-16-11(17-21-9)12(13,14)15/h7-8,19H,2-6H2,1H3. The van der Waals surface area contributed by atoms with Crippen molar-refractivity contribution < 1.29 is 9.90 Å². The van der Waals surface area contributed by atoms with E-state index in [2.05, 4.69) is 9.36 Å². The SMILES string of the molecule is CN(C(=O)C(O)c1nc(C(Cl)(Cl)Cl)ns1)C1CCCCC1. The highest BCUT2D eigenvalue weighted by molar-refractivity contribution is 7.05. The second-order valence-electron chi connectivity index (χ2n) is 5.10. The molecule has 0 radical (unpaired) electrons. The van der Waals surface area contributed by atoms with E-state index in [4.69, 9.17) is 34.8 Å². The van der Waals surface area contributed by atoms with Crippen molar-refractivity contribution >= 4 is 52.2 Å². The molecule has 0 aliphatic heterocycles. The quantitative estimate of drug-likeness (QED) is 0.828. The number of likely N-dealkylation sites (N-methyl/N-ethyl adjacent to an activating group) is 1. The first-order valence-electron chi connectivity index (χ1n) is 6.66. The minimum absolute atomic E-state index is 0.0281. The van der Waals surface area contributed by atoms with Gasteiger partial charge in [0.1, 0.15) is 0 Å². The summed E-state index contributed by atoms with van der Waals surface area (Å²) < 4.78 is 2.11. The number of halogens is 3. The summed E-state index contributed by atoms with van der Waals surface area (Å²) in [5.41, 5.74) is 0. The maximum absolute atomic E-state index is 12.3. The number of aliphatic hydroxyl groups is 1. The molecule has 0 spiro atoms. The molecule has 21 heavy (non-hydrogen) atoms. The average Bonchev–Trinajstić information content (AvgIpc) is 2.95. The number of hydrogen-bond donors (Lipinski definition) is 1. The summed E-state index contributed by atoms with van der Waals surface area (Å²) in [4.78, 5) is 17.9. The fraction of sp³-hybridized carbons (Fsp3) is 0.750. The number of aromatic nitrogens is 2. The topological polar surface area (TPSA) is 66.3 Å². The van der Waals surface area contributed by atoms with Crippen LogP contribution in [0.25, 0.3) is 0 Å². The molecule has 1 aliphatic carbocycles. The first-order valence-corrected chi connectivity index (χ1v) is 8.57. The molecule has 0 bridgehead atoms. The first kappa shape index (κ1) is 17.2. The van der Waals surface area contributed by atoms with Crippen molar-refractivity contribution in [2.24, 2.45) is 0 Å². The number of aliphatic hydroxyl groups excluding tert-OH is 1. The molecule has 118 valence electrons. The molecule has 1 atom stereocenters. The molecule has 0 aromatic carbocycles. The van der Waals surface area contributed by atoms with Crippen LogP contribution in [0.5, 0.6) is 0 Å². The van der Waals surface area contributed by atoms with E-state index in [1.54, 1.807) is 11.9 Å². The zero-order valence-electron chi connectivity index (χ0n) is 11.4. The van der Waals surface area contributed by atoms with E-state index in [0.717, 1.165) is 37.2 Å². The maximum atomic E-state index is 12.3. The second kappa shape index (κ2) is 6.96. The molecule has 1 fully saturated rings. The van der Waals surface area contributed by atoms with Crippen molar-refractivity contribution in [3.8, 4) is 0 Å². The van der Waals surface area contributed by atoms with Crippen molar-refractivity contribution in [3.63, 3.8) is 0 Å². The van der Waals surface area contributed by atoms with E-state index < -0.39 is 15.8 Å². The summed E-state index contributed by atoms with van der Waals surface area (Å²) in [6.45, 7) is 0. The normalized spacial score (nSPS) is 18.5. The molecule has 5 nitrogen and oxygen atoms in total. The van der Waals surface area contributed by atoms with E-state index in [1.165, 1.54) is 6.42 Å². The van der Waals surface area contributed by atoms with Crippen LogP contribution >= 0.6 is 46.3 Å². The van der Waals surface area contributed by atoms with Gasteiger partial charge in [-0.3, -0.25) is 4.79 Å². The average molecular weight is 373 g/mol. The van der Waals surface area contributed by atoms with Crippen LogP contribution in [0.15, 0.2) is 0 Å². The maximum Gasteiger partial charge on any atom is 0.258 e. The van der Waals surface area contributed by atoms with Crippen LogP contribution in [0.3, 0.4) is 0 Å². The largest absolute Gasteiger partial charge is 0.376 e. The number of amides is 1. The number of hydrogen-bond acceptors (Lipinski definition) is 5. The molecule has 1 N–H and O–H groups in total. The molecule has 9 heteroatoms. The van der Waals surface area contributed by atoms with Gasteiger partial charge < -0.3 is 10.0 Å². The molecule has 0 saturated heterocycles. The first-order chi connectivity index (χ1) is 9.80. The Morgan fingerprint density at radius 2 is 2.00 bits per heavy atom. The molecule has 2 rings (SSSR count). The Morgan fingerprint density at radius 1 is 1.38 bits per heavy atom. The van der Waals surface area contributed by atoms with E-state index >= 15 is 0 Å². The Labute approximate surface area is 142 Å². The van der Waals surface area contributed by atoms with Crippen molar-refractivity contribution in [2.45, 2.75) is 48.0 Å². The molecule has 1 saturated carbocycles. The summed E-state index contributed by atoms with van der Waals surface area (Å²) in [6.07, 6.45) is 3.97. The third-order valence-corrected chi connectivity index (χ3v) is 4.91. The van der Waals surface area contributed by atoms with Gasteiger partial charge in [0.05, 0.1) is 0 Å². The summed E-state index contributed by atoms with van der Waals surface area (Å²) in [7, 11) is 1.71. The van der Waals surface area contributed by atoms with E-state index in [-0.39, 0.29) is 16.9 Å². The zero-order chi connectivity index (χ0) is 15.6. The number of rotatable bonds is 3. The smallest absolute Gasteiger partial charge is 0.258 e. The lowest BCUT2D eigenvalue weighted by Crippen LogP contribution is -2.41. The Balaban J connectivity index is 2.06. The van der Waals surface area contributed by atoms with Gasteiger partial charge in [0.15, 0.2) is 16.9 Å². The van der Waals surface area contributed by atoms with Gasteiger partial charge in [-0.1, -0.05) is 54.1 Å². The van der Waals surface area contributed by atoms with Gasteiger partial charge >= 0.3 is 0 Å². The number of carbonyl (C=O) groups is 1. The van der Waals surface area contributed by atoms with E-state index in [9.17, 15) is 9.90 Å². The monoisotopic (exact) mass is 371 g/mol. The number of alkyl halides is 3. The lowest BCUT2D eigenvalue weighted by Gasteiger charge is -2.32.